The van der Waals surface area contributed by atoms with Crippen molar-refractivity contribution in [3.63, 3.8) is 0 Å². The smallest absolute Gasteiger partial charge is 0.345 e. The van der Waals surface area contributed by atoms with Gasteiger partial charge in [-0.15, -0.1) is 0 Å². The predicted molar refractivity (Wildman–Crippen MR) is 104 cm³/mol. The number of aliphatic hydroxyl groups is 2. The zero-order valence-electron chi connectivity index (χ0n) is 16.9. The number of esters is 2. The molecule has 0 aliphatic carbocycles. The molecule has 0 aliphatic rings. The third-order valence-electron chi connectivity index (χ3n) is 4.57. The summed E-state index contributed by atoms with van der Waals surface area (Å²) in [5.74, 6) is -0.865. The number of hydrogen-bond donors (Lipinski definition) is 2. The molecule has 5 nitrogen and oxygen atoms in total. The summed E-state index contributed by atoms with van der Waals surface area (Å²) in [5, 5.41) is 17.6. The van der Waals surface area contributed by atoms with Crippen LogP contribution in [-0.4, -0.2) is 34.9 Å². The molecule has 0 spiro atoms. The highest BCUT2D eigenvalue weighted by Gasteiger charge is 2.18. The quantitative estimate of drug-likeness (QED) is 0.223. The first-order valence-corrected chi connectivity index (χ1v) is 10.5. The minimum Gasteiger partial charge on any atom is -0.393 e. The number of carbonyl (C=O) groups is 2. The molecular weight excluding hydrogens is 332 g/mol. The minimum absolute atomic E-state index is 0.181. The molecule has 5 heteroatoms. The van der Waals surface area contributed by atoms with Crippen LogP contribution in [0.15, 0.2) is 0 Å². The van der Waals surface area contributed by atoms with Gasteiger partial charge in [-0.3, -0.25) is 4.79 Å². The third kappa shape index (κ3) is 16.5. The van der Waals surface area contributed by atoms with Crippen LogP contribution in [0.5, 0.6) is 0 Å². The lowest BCUT2D eigenvalue weighted by molar-refractivity contribution is -0.167. The molecule has 154 valence electrons. The van der Waals surface area contributed by atoms with Crippen molar-refractivity contribution in [2.45, 2.75) is 110 Å². The second-order valence-corrected chi connectivity index (χ2v) is 7.67. The summed E-state index contributed by atoms with van der Waals surface area (Å²) in [6.45, 7) is 3.85. The SMILES string of the molecule is CC(C)CCCCCCCCCCCCCCC(=O)OC(=O)C(O)CO. The zero-order valence-corrected chi connectivity index (χ0v) is 16.9. The topological polar surface area (TPSA) is 83.8 Å². The molecule has 0 saturated heterocycles. The van der Waals surface area contributed by atoms with Gasteiger partial charge in [-0.25, -0.2) is 4.79 Å². The van der Waals surface area contributed by atoms with Crippen LogP contribution in [0.1, 0.15) is 104 Å². The number of ether oxygens (including phenoxy) is 1. The van der Waals surface area contributed by atoms with E-state index in [1.807, 2.05) is 0 Å². The zero-order chi connectivity index (χ0) is 19.6. The molecular formula is C21H40O5. The number of unbranched alkanes of at least 4 members (excludes halogenated alkanes) is 11. The van der Waals surface area contributed by atoms with Gasteiger partial charge in [-0.2, -0.15) is 0 Å². The van der Waals surface area contributed by atoms with Gasteiger partial charge in [-0.1, -0.05) is 90.9 Å². The summed E-state index contributed by atoms with van der Waals surface area (Å²) in [7, 11) is 0. The van der Waals surface area contributed by atoms with Crippen LogP contribution in [0, 0.1) is 5.92 Å². The summed E-state index contributed by atoms with van der Waals surface area (Å²) in [6, 6.07) is 0. The molecule has 0 aromatic carbocycles. The van der Waals surface area contributed by atoms with Crippen LogP contribution in [-0.2, 0) is 14.3 Å². The molecule has 0 aromatic heterocycles. The third-order valence-corrected chi connectivity index (χ3v) is 4.57. The molecule has 1 atom stereocenters. The van der Waals surface area contributed by atoms with E-state index in [4.69, 9.17) is 10.2 Å². The highest BCUT2D eigenvalue weighted by Crippen LogP contribution is 2.14. The van der Waals surface area contributed by atoms with Gasteiger partial charge < -0.3 is 14.9 Å². The average Bonchev–Trinajstić information content (AvgIpc) is 2.60. The number of hydrogen-bond acceptors (Lipinski definition) is 5. The fourth-order valence-electron chi connectivity index (χ4n) is 2.90. The van der Waals surface area contributed by atoms with Crippen molar-refractivity contribution in [2.75, 3.05) is 6.61 Å². The standard InChI is InChI=1S/C21H40O5/c1-18(2)15-13-11-9-7-5-3-4-6-8-10-12-14-16-20(24)26-21(25)19(23)17-22/h18-19,22-23H,3-17H2,1-2H3. The van der Waals surface area contributed by atoms with Gasteiger partial charge in [0.25, 0.3) is 0 Å². The fourth-order valence-corrected chi connectivity index (χ4v) is 2.90. The van der Waals surface area contributed by atoms with Gasteiger partial charge in [0.05, 0.1) is 6.61 Å². The van der Waals surface area contributed by atoms with Crippen LogP contribution >= 0.6 is 0 Å². The summed E-state index contributed by atoms with van der Waals surface area (Å²) >= 11 is 0. The molecule has 0 bridgehead atoms. The lowest BCUT2D eigenvalue weighted by Crippen LogP contribution is -2.28. The molecule has 0 radical (unpaired) electrons. The van der Waals surface area contributed by atoms with Gasteiger partial charge in [0.15, 0.2) is 6.10 Å². The maximum absolute atomic E-state index is 11.4. The van der Waals surface area contributed by atoms with Gasteiger partial charge in [0, 0.05) is 6.42 Å². The van der Waals surface area contributed by atoms with E-state index in [1.165, 1.54) is 64.2 Å². The van der Waals surface area contributed by atoms with Crippen molar-refractivity contribution >= 4 is 11.9 Å². The Morgan fingerprint density at radius 1 is 0.769 bits per heavy atom. The number of aliphatic hydroxyl groups excluding tert-OH is 2. The predicted octanol–water partition coefficient (Wildman–Crippen LogP) is 4.53. The van der Waals surface area contributed by atoms with Crippen molar-refractivity contribution < 1.29 is 24.5 Å². The van der Waals surface area contributed by atoms with Crippen molar-refractivity contribution in [1.82, 2.24) is 0 Å². The fraction of sp³-hybridized carbons (Fsp3) is 0.905. The molecule has 0 amide bonds. The van der Waals surface area contributed by atoms with Crippen LogP contribution in [0.25, 0.3) is 0 Å². The van der Waals surface area contributed by atoms with E-state index in [1.54, 1.807) is 0 Å². The highest BCUT2D eigenvalue weighted by molar-refractivity contribution is 5.87. The number of carbonyl (C=O) groups excluding carboxylic acids is 2. The largest absolute Gasteiger partial charge is 0.393 e. The monoisotopic (exact) mass is 372 g/mol. The van der Waals surface area contributed by atoms with Crippen LogP contribution in [0.2, 0.25) is 0 Å². The second-order valence-electron chi connectivity index (χ2n) is 7.67. The van der Waals surface area contributed by atoms with Gasteiger partial charge in [0.2, 0.25) is 0 Å². The van der Waals surface area contributed by atoms with Crippen LogP contribution < -0.4 is 0 Å². The molecule has 0 saturated carbocycles. The van der Waals surface area contributed by atoms with E-state index in [0.717, 1.165) is 18.8 Å². The molecule has 0 aromatic rings. The van der Waals surface area contributed by atoms with Crippen molar-refractivity contribution in [3.05, 3.63) is 0 Å². The van der Waals surface area contributed by atoms with E-state index >= 15 is 0 Å². The van der Waals surface area contributed by atoms with Crippen molar-refractivity contribution in [1.29, 1.82) is 0 Å². The molecule has 1 unspecified atom stereocenters. The maximum Gasteiger partial charge on any atom is 0.345 e. The van der Waals surface area contributed by atoms with E-state index in [-0.39, 0.29) is 6.42 Å². The Kier molecular flexibility index (Phi) is 16.8. The molecule has 2 N–H and O–H groups in total. The summed E-state index contributed by atoms with van der Waals surface area (Å²) in [5.41, 5.74) is 0. The molecule has 0 rings (SSSR count). The molecule has 26 heavy (non-hydrogen) atoms. The van der Waals surface area contributed by atoms with Crippen molar-refractivity contribution in [3.8, 4) is 0 Å². The Balaban J connectivity index is 3.26. The van der Waals surface area contributed by atoms with E-state index in [9.17, 15) is 9.59 Å². The Morgan fingerprint density at radius 3 is 1.62 bits per heavy atom. The second kappa shape index (κ2) is 17.5. The van der Waals surface area contributed by atoms with Gasteiger partial charge in [0.1, 0.15) is 0 Å². The Hall–Kier alpha value is -0.940. The lowest BCUT2D eigenvalue weighted by atomic mass is 10.0. The first kappa shape index (κ1) is 25.1. The van der Waals surface area contributed by atoms with Crippen LogP contribution in [0.3, 0.4) is 0 Å². The Bertz CT molecular complexity index is 354. The maximum atomic E-state index is 11.4. The van der Waals surface area contributed by atoms with Gasteiger partial charge in [-0.05, 0) is 12.3 Å². The lowest BCUT2D eigenvalue weighted by Gasteiger charge is -2.06. The summed E-state index contributed by atoms with van der Waals surface area (Å²) in [6.07, 6.45) is 14.5. The van der Waals surface area contributed by atoms with E-state index in [2.05, 4.69) is 18.6 Å². The summed E-state index contributed by atoms with van der Waals surface area (Å²) in [4.78, 5) is 22.5. The average molecular weight is 373 g/mol. The van der Waals surface area contributed by atoms with Crippen molar-refractivity contribution in [2.24, 2.45) is 5.92 Å². The highest BCUT2D eigenvalue weighted by atomic mass is 16.6. The Morgan fingerprint density at radius 2 is 1.19 bits per heavy atom. The summed E-state index contributed by atoms with van der Waals surface area (Å²) < 4.78 is 4.43. The van der Waals surface area contributed by atoms with E-state index < -0.39 is 24.6 Å². The van der Waals surface area contributed by atoms with E-state index in [0.29, 0.717) is 6.42 Å². The normalized spacial score (nSPS) is 12.3. The first-order valence-electron chi connectivity index (χ1n) is 10.5. The molecule has 0 aliphatic heterocycles. The van der Waals surface area contributed by atoms with Crippen LogP contribution in [0.4, 0.5) is 0 Å². The molecule has 0 fully saturated rings. The first-order chi connectivity index (χ1) is 12.5. The minimum atomic E-state index is -1.63. The molecule has 0 heterocycles. The Labute approximate surface area is 159 Å². The van der Waals surface area contributed by atoms with Gasteiger partial charge >= 0.3 is 11.9 Å². The number of rotatable bonds is 17.